The summed E-state index contributed by atoms with van der Waals surface area (Å²) in [6, 6.07) is 21.7. The van der Waals surface area contributed by atoms with Gasteiger partial charge in [0.1, 0.15) is 28.4 Å². The van der Waals surface area contributed by atoms with Crippen molar-refractivity contribution in [3.8, 4) is 11.4 Å². The first-order chi connectivity index (χ1) is 32.4. The third kappa shape index (κ3) is 9.12. The van der Waals surface area contributed by atoms with Gasteiger partial charge in [-0.15, -0.1) is 0 Å². The largest absolute Gasteiger partial charge is 0.340 e. The lowest BCUT2D eigenvalue weighted by Gasteiger charge is -2.27. The molecule has 2 fully saturated rings. The van der Waals surface area contributed by atoms with Crippen molar-refractivity contribution in [2.24, 2.45) is 0 Å². The van der Waals surface area contributed by atoms with E-state index in [4.69, 9.17) is 0 Å². The van der Waals surface area contributed by atoms with E-state index in [2.05, 4.69) is 35.2 Å². The molecule has 2 N–H and O–H groups in total. The van der Waals surface area contributed by atoms with Crippen LogP contribution >= 0.6 is 0 Å². The highest BCUT2D eigenvalue weighted by Gasteiger charge is 2.31. The highest BCUT2D eigenvalue weighted by molar-refractivity contribution is 5.99. The van der Waals surface area contributed by atoms with E-state index in [1.807, 2.05) is 67.0 Å². The zero-order valence-corrected chi connectivity index (χ0v) is 37.1. The fourth-order valence-electron chi connectivity index (χ4n) is 8.54. The molecule has 2 amide bonds. The van der Waals surface area contributed by atoms with Gasteiger partial charge in [-0.25, -0.2) is 23.4 Å². The Hall–Kier alpha value is -8.09. The molecule has 0 spiro atoms. The van der Waals surface area contributed by atoms with E-state index in [1.165, 1.54) is 40.1 Å². The molecule has 10 rings (SSSR count). The topological polar surface area (TPSA) is 187 Å². The second-order valence-electron chi connectivity index (χ2n) is 16.6. The standard InChI is InChI=1S/C25H25FN6O2.C23H22FN7O2/c1-16-7-8-20-18(15-16)23(33)29-25(28-20)30-12-9-17(2)31(14-13-30)24(34)22-19(26)5-3-6-21(22)32-11-4-10-27-32;1-15-6-7-18-16(14-15)21(32)28-23(27-18)30-11-3-10-29(12-13-30)22(33)20-17(24)4-2-5-19(20)31-25-8-9-26-31/h3-8,10-11,15,17H,9,12-14H2,1-2H3,(H,28,29,33);2,4-9,14H,3,10-13H2,1H3,(H,27,28,32). The Bertz CT molecular complexity index is 3230. The van der Waals surface area contributed by atoms with Gasteiger partial charge in [-0.05, 0) is 88.2 Å². The van der Waals surface area contributed by atoms with E-state index < -0.39 is 17.5 Å². The fraction of sp³-hybridized carbons (Fsp3) is 0.271. The first-order valence-corrected chi connectivity index (χ1v) is 22.0. The summed E-state index contributed by atoms with van der Waals surface area (Å²) in [4.78, 5) is 75.6. The van der Waals surface area contributed by atoms with Crippen LogP contribution in [-0.4, -0.2) is 118 Å². The number of aromatic nitrogens is 9. The normalized spacial score (nSPS) is 15.6. The number of nitrogens with one attached hydrogen (secondary N) is 2. The monoisotopic (exact) mass is 907 g/mol. The maximum absolute atomic E-state index is 14.9. The number of aryl methyl sites for hydroxylation is 2. The third-order valence-electron chi connectivity index (χ3n) is 12.1. The summed E-state index contributed by atoms with van der Waals surface area (Å²) in [6.07, 6.45) is 7.51. The highest BCUT2D eigenvalue weighted by atomic mass is 19.1. The molecule has 0 saturated carbocycles. The maximum atomic E-state index is 14.9. The summed E-state index contributed by atoms with van der Waals surface area (Å²) in [5, 5.41) is 13.4. The SMILES string of the molecule is Cc1ccc2nc(N3CCC(C)N(C(=O)c4c(F)cccc4-n4cccn4)CC3)[nH]c(=O)c2c1.Cc1ccc2nc(N3CCCN(C(=O)c4c(F)cccc4-n4nccn4)CC3)[nH]c(=O)c2c1. The summed E-state index contributed by atoms with van der Waals surface area (Å²) in [7, 11) is 0. The van der Waals surface area contributed by atoms with Crippen molar-refractivity contribution < 1.29 is 18.4 Å². The van der Waals surface area contributed by atoms with Crippen LogP contribution in [0.15, 0.2) is 113 Å². The van der Waals surface area contributed by atoms with Crippen LogP contribution < -0.4 is 20.9 Å². The van der Waals surface area contributed by atoms with Crippen molar-refractivity contribution in [2.45, 2.75) is 39.7 Å². The molecule has 0 bridgehead atoms. The van der Waals surface area contributed by atoms with E-state index >= 15 is 0 Å². The smallest absolute Gasteiger partial charge is 0.260 e. The molecule has 4 aromatic heterocycles. The van der Waals surface area contributed by atoms with Gasteiger partial charge in [0.15, 0.2) is 0 Å². The number of anilines is 2. The molecular weight excluding hydrogens is 861 g/mol. The van der Waals surface area contributed by atoms with Crippen LogP contribution in [-0.2, 0) is 0 Å². The molecule has 17 nitrogen and oxygen atoms in total. The van der Waals surface area contributed by atoms with Crippen molar-refractivity contribution in [1.29, 1.82) is 0 Å². The molecule has 6 heterocycles. The molecule has 8 aromatic rings. The van der Waals surface area contributed by atoms with E-state index in [0.29, 0.717) is 104 Å². The average molecular weight is 908 g/mol. The van der Waals surface area contributed by atoms with Crippen molar-refractivity contribution in [2.75, 3.05) is 55.6 Å². The van der Waals surface area contributed by atoms with Gasteiger partial charge in [-0.3, -0.25) is 29.1 Å². The Morgan fingerprint density at radius 2 is 1.21 bits per heavy atom. The Morgan fingerprint density at radius 3 is 1.82 bits per heavy atom. The summed E-state index contributed by atoms with van der Waals surface area (Å²) >= 11 is 0. The summed E-state index contributed by atoms with van der Waals surface area (Å²) in [6.45, 7) is 9.11. The van der Waals surface area contributed by atoms with E-state index in [1.54, 1.807) is 46.5 Å². The molecule has 2 saturated heterocycles. The Labute approximate surface area is 382 Å². The van der Waals surface area contributed by atoms with Gasteiger partial charge in [0.2, 0.25) is 11.9 Å². The van der Waals surface area contributed by atoms with Gasteiger partial charge in [0, 0.05) is 64.2 Å². The lowest BCUT2D eigenvalue weighted by Crippen LogP contribution is -2.41. The Morgan fingerprint density at radius 1 is 0.627 bits per heavy atom. The number of halogens is 2. The summed E-state index contributed by atoms with van der Waals surface area (Å²) in [5.74, 6) is -1.05. The van der Waals surface area contributed by atoms with Crippen molar-refractivity contribution in [1.82, 2.24) is 54.5 Å². The molecule has 4 aromatic carbocycles. The maximum Gasteiger partial charge on any atom is 0.260 e. The average Bonchev–Trinajstić information content (AvgIpc) is 3.98. The lowest BCUT2D eigenvalue weighted by molar-refractivity contribution is 0.0699. The Kier molecular flexibility index (Phi) is 12.4. The van der Waals surface area contributed by atoms with Gasteiger partial charge < -0.3 is 19.6 Å². The van der Waals surface area contributed by atoms with Crippen LogP contribution in [0, 0.1) is 25.5 Å². The van der Waals surface area contributed by atoms with Crippen LogP contribution in [0.3, 0.4) is 0 Å². The molecule has 19 heteroatoms. The quantitative estimate of drug-likeness (QED) is 0.212. The minimum atomic E-state index is -0.619. The molecule has 1 unspecified atom stereocenters. The molecule has 342 valence electrons. The molecular formula is C48H47F2N13O4. The van der Waals surface area contributed by atoms with Gasteiger partial charge >= 0.3 is 0 Å². The van der Waals surface area contributed by atoms with Crippen LogP contribution in [0.4, 0.5) is 20.7 Å². The number of H-pyrrole nitrogens is 2. The third-order valence-corrected chi connectivity index (χ3v) is 12.1. The zero-order chi connectivity index (χ0) is 46.8. The Balaban J connectivity index is 0.000000168. The number of hydrogen-bond acceptors (Lipinski definition) is 11. The molecule has 0 radical (unpaired) electrons. The number of aromatic amines is 2. The fourth-order valence-corrected chi connectivity index (χ4v) is 8.54. The zero-order valence-electron chi connectivity index (χ0n) is 37.1. The second-order valence-corrected chi connectivity index (χ2v) is 16.6. The molecule has 2 aliphatic rings. The highest BCUT2D eigenvalue weighted by Crippen LogP contribution is 2.25. The number of carbonyl (C=O) groups excluding carboxylic acids is 2. The number of benzene rings is 4. The number of amides is 2. The van der Waals surface area contributed by atoms with Crippen molar-refractivity contribution in [3.05, 3.63) is 158 Å². The molecule has 2 aliphatic heterocycles. The van der Waals surface area contributed by atoms with Gasteiger partial charge in [-0.2, -0.15) is 20.1 Å². The van der Waals surface area contributed by atoms with Crippen LogP contribution in [0.2, 0.25) is 0 Å². The van der Waals surface area contributed by atoms with Crippen molar-refractivity contribution >= 4 is 45.5 Å². The van der Waals surface area contributed by atoms with Crippen molar-refractivity contribution in [3.63, 3.8) is 0 Å². The minimum absolute atomic E-state index is 0.000827. The van der Waals surface area contributed by atoms with E-state index in [9.17, 15) is 28.0 Å². The number of nitrogens with zero attached hydrogens (tertiary/aromatic N) is 11. The summed E-state index contributed by atoms with van der Waals surface area (Å²) in [5.41, 5.74) is 3.49. The van der Waals surface area contributed by atoms with Crippen LogP contribution in [0.1, 0.15) is 51.6 Å². The van der Waals surface area contributed by atoms with E-state index in [-0.39, 0.29) is 34.2 Å². The van der Waals surface area contributed by atoms with Gasteiger partial charge in [0.05, 0.1) is 39.9 Å². The predicted octanol–water partition coefficient (Wildman–Crippen LogP) is 5.60. The second kappa shape index (κ2) is 18.8. The molecule has 67 heavy (non-hydrogen) atoms. The first kappa shape index (κ1) is 44.1. The van der Waals surface area contributed by atoms with Crippen LogP contribution in [0.25, 0.3) is 33.2 Å². The number of carbonyl (C=O) groups is 2. The molecule has 1 atom stereocenters. The lowest BCUT2D eigenvalue weighted by atomic mass is 10.1. The number of rotatable bonds is 6. The van der Waals surface area contributed by atoms with Crippen LogP contribution in [0.5, 0.6) is 0 Å². The van der Waals surface area contributed by atoms with E-state index in [0.717, 1.165) is 11.1 Å². The van der Waals surface area contributed by atoms with Gasteiger partial charge in [-0.1, -0.05) is 35.4 Å². The minimum Gasteiger partial charge on any atom is -0.340 e. The number of hydrogen-bond donors (Lipinski definition) is 2. The first-order valence-electron chi connectivity index (χ1n) is 22.0. The van der Waals surface area contributed by atoms with Gasteiger partial charge in [0.25, 0.3) is 22.9 Å². The molecule has 0 aliphatic carbocycles. The predicted molar refractivity (Wildman–Crippen MR) is 249 cm³/mol. The number of fused-ring (bicyclic) bond motifs is 2. The summed E-state index contributed by atoms with van der Waals surface area (Å²) < 4.78 is 31.1.